The van der Waals surface area contributed by atoms with Gasteiger partial charge in [0.2, 0.25) is 17.7 Å². The Morgan fingerprint density at radius 1 is 1.05 bits per heavy atom. The van der Waals surface area contributed by atoms with Crippen molar-refractivity contribution in [3.63, 3.8) is 0 Å². The Labute approximate surface area is 110 Å². The molecule has 0 unspecified atom stereocenters. The summed E-state index contributed by atoms with van der Waals surface area (Å²) >= 11 is 0. The van der Waals surface area contributed by atoms with Crippen molar-refractivity contribution >= 4 is 23.7 Å². The van der Waals surface area contributed by atoms with Gasteiger partial charge in [-0.1, -0.05) is 0 Å². The minimum absolute atomic E-state index is 0.0715. The van der Waals surface area contributed by atoms with Gasteiger partial charge in [-0.05, 0) is 0 Å². The molecule has 1 rings (SSSR count). The molecule has 8 heteroatoms. The average Bonchev–Trinajstić information content (AvgIpc) is 2.53. The fourth-order valence-corrected chi connectivity index (χ4v) is 1.85. The number of carbonyl (C=O) groups excluding carboxylic acids is 4. The van der Waals surface area contributed by atoms with E-state index in [-0.39, 0.29) is 18.4 Å². The van der Waals surface area contributed by atoms with Gasteiger partial charge in [0.15, 0.2) is 6.04 Å². The Kier molecular flexibility index (Phi) is 4.85. The van der Waals surface area contributed by atoms with Crippen LogP contribution in [0.2, 0.25) is 0 Å². The highest BCUT2D eigenvalue weighted by Crippen LogP contribution is 2.16. The highest BCUT2D eigenvalue weighted by molar-refractivity contribution is 5.87. The van der Waals surface area contributed by atoms with Gasteiger partial charge in [-0.2, -0.15) is 0 Å². The molecule has 19 heavy (non-hydrogen) atoms. The predicted molar refractivity (Wildman–Crippen MR) is 63.8 cm³/mol. The predicted octanol–water partition coefficient (Wildman–Crippen LogP) is -1.94. The van der Waals surface area contributed by atoms with E-state index in [1.54, 1.807) is 0 Å². The molecule has 1 aliphatic heterocycles. The zero-order chi connectivity index (χ0) is 14.6. The van der Waals surface area contributed by atoms with Gasteiger partial charge >= 0.3 is 5.97 Å². The number of carbonyl (C=O) groups is 4. The summed E-state index contributed by atoms with van der Waals surface area (Å²) in [5, 5.41) is 7.48. The molecule has 1 fully saturated rings. The molecule has 0 aliphatic carbocycles. The first-order valence-electron chi connectivity index (χ1n) is 5.80. The van der Waals surface area contributed by atoms with Gasteiger partial charge in [0.25, 0.3) is 0 Å². The second kappa shape index (κ2) is 6.17. The molecule has 1 aliphatic rings. The summed E-state index contributed by atoms with van der Waals surface area (Å²) in [5.74, 6) is -1.67. The van der Waals surface area contributed by atoms with Gasteiger partial charge < -0.3 is 20.7 Å². The quantitative estimate of drug-likeness (QED) is 0.515. The van der Waals surface area contributed by atoms with Crippen molar-refractivity contribution in [2.75, 3.05) is 6.54 Å². The maximum Gasteiger partial charge on any atom is 0.331 e. The Balaban J connectivity index is 2.79. The Morgan fingerprint density at radius 2 is 1.63 bits per heavy atom. The van der Waals surface area contributed by atoms with Crippen molar-refractivity contribution in [2.45, 2.75) is 39.0 Å². The molecule has 3 amide bonds. The van der Waals surface area contributed by atoms with Crippen molar-refractivity contribution in [1.82, 2.24) is 16.0 Å². The third-order valence-electron chi connectivity index (χ3n) is 2.56. The van der Waals surface area contributed by atoms with Crippen LogP contribution in [0.4, 0.5) is 0 Å². The number of hydrogen-bond donors (Lipinski definition) is 3. The standard InChI is InChI=1S/C11H17N3O5/c1-5(15)12-4-8-9(13-6(2)16)10(11(18)19-8)14-7(3)17/h8-10H,4H2,1-3H3,(H,12,15)(H,13,16)(H,14,17)/t8-,9+,10+/m1/s1. The van der Waals surface area contributed by atoms with E-state index in [4.69, 9.17) is 4.74 Å². The van der Waals surface area contributed by atoms with E-state index in [0.29, 0.717) is 0 Å². The Hall–Kier alpha value is -2.12. The fourth-order valence-electron chi connectivity index (χ4n) is 1.85. The molecule has 1 heterocycles. The molecule has 0 saturated carbocycles. The van der Waals surface area contributed by atoms with Gasteiger partial charge in [0.05, 0.1) is 12.6 Å². The molecule has 0 aromatic heterocycles. The van der Waals surface area contributed by atoms with Crippen LogP contribution >= 0.6 is 0 Å². The first-order chi connectivity index (χ1) is 8.81. The van der Waals surface area contributed by atoms with E-state index in [1.165, 1.54) is 20.8 Å². The molecule has 0 aromatic rings. The van der Waals surface area contributed by atoms with E-state index < -0.39 is 30.1 Å². The van der Waals surface area contributed by atoms with E-state index >= 15 is 0 Å². The molecule has 0 bridgehead atoms. The molecule has 0 spiro atoms. The number of esters is 1. The maximum atomic E-state index is 11.7. The second-order valence-corrected chi connectivity index (χ2v) is 4.32. The highest BCUT2D eigenvalue weighted by Gasteiger charge is 2.45. The van der Waals surface area contributed by atoms with E-state index in [2.05, 4.69) is 16.0 Å². The maximum absolute atomic E-state index is 11.7. The second-order valence-electron chi connectivity index (χ2n) is 4.32. The number of rotatable bonds is 4. The van der Waals surface area contributed by atoms with Crippen molar-refractivity contribution in [1.29, 1.82) is 0 Å². The monoisotopic (exact) mass is 271 g/mol. The van der Waals surface area contributed by atoms with Crippen LogP contribution in [0.3, 0.4) is 0 Å². The van der Waals surface area contributed by atoms with E-state index in [1.807, 2.05) is 0 Å². The van der Waals surface area contributed by atoms with Crippen molar-refractivity contribution in [3.8, 4) is 0 Å². The number of cyclic esters (lactones) is 1. The molecule has 3 atom stereocenters. The minimum Gasteiger partial charge on any atom is -0.457 e. The molecule has 0 aromatic carbocycles. The smallest absolute Gasteiger partial charge is 0.331 e. The van der Waals surface area contributed by atoms with E-state index in [9.17, 15) is 19.2 Å². The third-order valence-corrected chi connectivity index (χ3v) is 2.56. The van der Waals surface area contributed by atoms with Crippen LogP contribution in [0.1, 0.15) is 20.8 Å². The lowest BCUT2D eigenvalue weighted by molar-refractivity contribution is -0.144. The molecular formula is C11H17N3O5. The van der Waals surface area contributed by atoms with Crippen molar-refractivity contribution in [2.24, 2.45) is 0 Å². The molecule has 3 N–H and O–H groups in total. The van der Waals surface area contributed by atoms with Gasteiger partial charge in [0, 0.05) is 20.8 Å². The van der Waals surface area contributed by atoms with Crippen LogP contribution in [0.15, 0.2) is 0 Å². The Bertz CT molecular complexity index is 409. The first-order valence-corrected chi connectivity index (χ1v) is 5.80. The normalized spacial score (nSPS) is 25.4. The summed E-state index contributed by atoms with van der Waals surface area (Å²) in [6.07, 6.45) is -0.711. The Morgan fingerprint density at radius 3 is 2.11 bits per heavy atom. The van der Waals surface area contributed by atoms with Gasteiger partial charge in [0.1, 0.15) is 6.10 Å². The lowest BCUT2D eigenvalue weighted by Crippen LogP contribution is -2.55. The van der Waals surface area contributed by atoms with Crippen LogP contribution in [0.5, 0.6) is 0 Å². The van der Waals surface area contributed by atoms with Crippen LogP contribution in [0.25, 0.3) is 0 Å². The van der Waals surface area contributed by atoms with E-state index in [0.717, 1.165) is 0 Å². The number of amides is 3. The summed E-state index contributed by atoms with van der Waals surface area (Å²) in [7, 11) is 0. The molecular weight excluding hydrogens is 254 g/mol. The number of ether oxygens (including phenoxy) is 1. The lowest BCUT2D eigenvalue weighted by Gasteiger charge is -2.21. The zero-order valence-electron chi connectivity index (χ0n) is 11.0. The SMILES string of the molecule is CC(=O)NC[C@H]1OC(=O)[C@@H](NC(C)=O)[C@H]1NC(C)=O. The topological polar surface area (TPSA) is 114 Å². The molecule has 106 valence electrons. The summed E-state index contributed by atoms with van der Waals surface area (Å²) < 4.78 is 5.06. The number of hydrogen-bond acceptors (Lipinski definition) is 5. The zero-order valence-corrected chi connectivity index (χ0v) is 11.0. The van der Waals surface area contributed by atoms with Gasteiger partial charge in [-0.15, -0.1) is 0 Å². The van der Waals surface area contributed by atoms with Gasteiger partial charge in [-0.3, -0.25) is 14.4 Å². The summed E-state index contributed by atoms with van der Waals surface area (Å²) in [6.45, 7) is 3.96. The lowest BCUT2D eigenvalue weighted by atomic mass is 10.1. The average molecular weight is 271 g/mol. The van der Waals surface area contributed by atoms with Crippen LogP contribution in [0, 0.1) is 0 Å². The summed E-state index contributed by atoms with van der Waals surface area (Å²) in [6, 6.07) is -1.65. The fraction of sp³-hybridized carbons (Fsp3) is 0.636. The van der Waals surface area contributed by atoms with Crippen LogP contribution in [-0.2, 0) is 23.9 Å². The van der Waals surface area contributed by atoms with Crippen LogP contribution in [-0.4, -0.2) is 48.4 Å². The summed E-state index contributed by atoms with van der Waals surface area (Å²) in [5.41, 5.74) is 0. The minimum atomic E-state index is -0.944. The van der Waals surface area contributed by atoms with Gasteiger partial charge in [-0.25, -0.2) is 4.79 Å². The highest BCUT2D eigenvalue weighted by atomic mass is 16.6. The van der Waals surface area contributed by atoms with Crippen molar-refractivity contribution in [3.05, 3.63) is 0 Å². The summed E-state index contributed by atoms with van der Waals surface area (Å²) in [4.78, 5) is 44.7. The number of nitrogens with one attached hydrogen (secondary N) is 3. The molecule has 1 saturated heterocycles. The molecule has 0 radical (unpaired) electrons. The van der Waals surface area contributed by atoms with Crippen molar-refractivity contribution < 1.29 is 23.9 Å². The van der Waals surface area contributed by atoms with Crippen LogP contribution < -0.4 is 16.0 Å². The third kappa shape index (κ3) is 4.23. The molecule has 8 nitrogen and oxygen atoms in total. The largest absolute Gasteiger partial charge is 0.457 e. The first kappa shape index (κ1) is 14.9.